The number of ether oxygens (including phenoxy) is 1. The highest BCUT2D eigenvalue weighted by Crippen LogP contribution is 2.29. The van der Waals surface area contributed by atoms with Gasteiger partial charge in [-0.25, -0.2) is 4.99 Å². The molecule has 0 spiro atoms. The van der Waals surface area contributed by atoms with E-state index >= 15 is 0 Å². The van der Waals surface area contributed by atoms with Gasteiger partial charge in [0.25, 0.3) is 0 Å². The van der Waals surface area contributed by atoms with E-state index < -0.39 is 0 Å². The molecule has 3 N–H and O–H groups in total. The molecule has 0 atom stereocenters. The van der Waals surface area contributed by atoms with Crippen molar-refractivity contribution in [2.24, 2.45) is 4.99 Å². The summed E-state index contributed by atoms with van der Waals surface area (Å²) in [5.74, 6) is 0.520. The quantitative estimate of drug-likeness (QED) is 0.708. The first-order chi connectivity index (χ1) is 10.5. The number of unbranched alkanes of at least 4 members (excludes halogenated alkanes) is 1. The molecular formula is C16H18ClN3O2. The Morgan fingerprint density at radius 1 is 1.32 bits per heavy atom. The van der Waals surface area contributed by atoms with Gasteiger partial charge in [-0.2, -0.15) is 0 Å². The van der Waals surface area contributed by atoms with E-state index in [2.05, 4.69) is 11.9 Å². The molecule has 1 aliphatic rings. The predicted molar refractivity (Wildman–Crippen MR) is 89.2 cm³/mol. The molecule has 0 heterocycles. The minimum absolute atomic E-state index is 0.0635. The number of allylic oxidation sites excluding steroid dienone is 2. The highest BCUT2D eigenvalue weighted by molar-refractivity contribution is 6.51. The van der Waals surface area contributed by atoms with Gasteiger partial charge in [-0.1, -0.05) is 24.9 Å². The molecule has 116 valence electrons. The molecule has 1 aromatic carbocycles. The topological polar surface area (TPSA) is 89.5 Å². The largest absolute Gasteiger partial charge is 0.508 e. The van der Waals surface area contributed by atoms with Crippen LogP contribution in [0.15, 0.2) is 35.0 Å². The van der Waals surface area contributed by atoms with E-state index in [1.165, 1.54) is 12.1 Å². The second kappa shape index (κ2) is 7.22. The molecule has 6 heteroatoms. The van der Waals surface area contributed by atoms with Gasteiger partial charge >= 0.3 is 0 Å². The molecule has 0 aromatic heterocycles. The Balaban J connectivity index is 2.29. The summed E-state index contributed by atoms with van der Waals surface area (Å²) >= 11 is 6.03. The molecule has 2 rings (SSSR count). The van der Waals surface area contributed by atoms with Gasteiger partial charge in [-0.15, -0.1) is 0 Å². The zero-order chi connectivity index (χ0) is 16.1. The number of halogens is 1. The number of aromatic hydroxyl groups is 1. The summed E-state index contributed by atoms with van der Waals surface area (Å²) in [6, 6.07) is 4.48. The molecule has 0 bridgehead atoms. The molecular weight excluding hydrogens is 302 g/mol. The standard InChI is InChI=1S/C16H18ClN3O2/c1-2-3-6-22-16-9-15(12(18)8-13(16)19)20-14-5-4-10(21)7-11(14)17/h4-5,7,9,18-19,21H,2-3,6,8H2,1H3. The average molecular weight is 320 g/mol. The normalized spacial score (nSPS) is 16.8. The van der Waals surface area contributed by atoms with Crippen LogP contribution in [-0.4, -0.2) is 28.8 Å². The second-order valence-electron chi connectivity index (χ2n) is 4.98. The van der Waals surface area contributed by atoms with Crippen LogP contribution in [-0.2, 0) is 4.74 Å². The van der Waals surface area contributed by atoms with Crippen molar-refractivity contribution in [2.75, 3.05) is 6.61 Å². The Morgan fingerprint density at radius 2 is 2.09 bits per heavy atom. The molecule has 1 aromatic rings. The van der Waals surface area contributed by atoms with Gasteiger partial charge in [-0.3, -0.25) is 0 Å². The van der Waals surface area contributed by atoms with Gasteiger partial charge in [0.15, 0.2) is 0 Å². The van der Waals surface area contributed by atoms with Crippen LogP contribution in [0.4, 0.5) is 5.69 Å². The third-order valence-electron chi connectivity index (χ3n) is 3.16. The minimum Gasteiger partial charge on any atom is -0.508 e. The van der Waals surface area contributed by atoms with Crippen molar-refractivity contribution in [3.63, 3.8) is 0 Å². The van der Waals surface area contributed by atoms with Crippen molar-refractivity contribution in [1.82, 2.24) is 0 Å². The maximum Gasteiger partial charge on any atom is 0.142 e. The van der Waals surface area contributed by atoms with Gasteiger partial charge in [0.05, 0.1) is 34.5 Å². The Bertz CT molecular complexity index is 665. The van der Waals surface area contributed by atoms with Crippen LogP contribution in [0.3, 0.4) is 0 Å². The van der Waals surface area contributed by atoms with E-state index in [4.69, 9.17) is 27.2 Å². The Labute approximate surface area is 134 Å². The van der Waals surface area contributed by atoms with Gasteiger partial charge in [0.1, 0.15) is 11.5 Å². The SMILES string of the molecule is CCCCOC1=CC(=Nc2ccc(O)cc2Cl)C(=N)CC1=N. The summed E-state index contributed by atoms with van der Waals surface area (Å²) in [4.78, 5) is 4.35. The number of hydrogen-bond acceptors (Lipinski definition) is 5. The number of aliphatic imine (C=N–C) groups is 1. The summed E-state index contributed by atoms with van der Waals surface area (Å²) < 4.78 is 5.59. The Hall–Kier alpha value is -2.14. The number of hydrogen-bond donors (Lipinski definition) is 3. The first-order valence-electron chi connectivity index (χ1n) is 7.08. The predicted octanol–water partition coefficient (Wildman–Crippen LogP) is 4.26. The number of nitrogens with one attached hydrogen (secondary N) is 2. The van der Waals surface area contributed by atoms with E-state index in [1.807, 2.05) is 0 Å². The van der Waals surface area contributed by atoms with Crippen LogP contribution in [0, 0.1) is 10.8 Å². The van der Waals surface area contributed by atoms with Crippen LogP contribution >= 0.6 is 11.6 Å². The van der Waals surface area contributed by atoms with E-state index in [1.54, 1.807) is 12.1 Å². The number of rotatable bonds is 5. The van der Waals surface area contributed by atoms with Crippen molar-refractivity contribution in [3.05, 3.63) is 35.1 Å². The molecule has 0 radical (unpaired) electrons. The number of phenols is 1. The van der Waals surface area contributed by atoms with Crippen LogP contribution in [0.25, 0.3) is 0 Å². The maximum absolute atomic E-state index is 9.36. The summed E-state index contributed by atoms with van der Waals surface area (Å²) in [7, 11) is 0. The third kappa shape index (κ3) is 3.95. The third-order valence-corrected chi connectivity index (χ3v) is 3.46. The monoisotopic (exact) mass is 319 g/mol. The lowest BCUT2D eigenvalue weighted by Gasteiger charge is -2.17. The molecule has 0 saturated heterocycles. The highest BCUT2D eigenvalue weighted by atomic mass is 35.5. The first-order valence-corrected chi connectivity index (χ1v) is 7.46. The zero-order valence-electron chi connectivity index (χ0n) is 12.3. The summed E-state index contributed by atoms with van der Waals surface area (Å²) in [5, 5.41) is 25.5. The Morgan fingerprint density at radius 3 is 2.77 bits per heavy atom. The smallest absolute Gasteiger partial charge is 0.142 e. The van der Waals surface area contributed by atoms with Crippen LogP contribution in [0.5, 0.6) is 5.75 Å². The molecule has 22 heavy (non-hydrogen) atoms. The zero-order valence-corrected chi connectivity index (χ0v) is 13.1. The lowest BCUT2D eigenvalue weighted by molar-refractivity contribution is 0.225. The lowest BCUT2D eigenvalue weighted by atomic mass is 10.00. The van der Waals surface area contributed by atoms with Crippen LogP contribution < -0.4 is 0 Å². The number of benzene rings is 1. The highest BCUT2D eigenvalue weighted by Gasteiger charge is 2.20. The van der Waals surface area contributed by atoms with Crippen molar-refractivity contribution in [3.8, 4) is 5.75 Å². The molecule has 0 fully saturated rings. The minimum atomic E-state index is 0.0635. The molecule has 0 aliphatic heterocycles. The molecule has 1 aliphatic carbocycles. The van der Waals surface area contributed by atoms with Crippen LogP contribution in [0.1, 0.15) is 26.2 Å². The van der Waals surface area contributed by atoms with Crippen molar-refractivity contribution in [2.45, 2.75) is 26.2 Å². The fraction of sp³-hybridized carbons (Fsp3) is 0.312. The molecule has 0 saturated carbocycles. The van der Waals surface area contributed by atoms with Crippen molar-refractivity contribution >= 4 is 34.4 Å². The van der Waals surface area contributed by atoms with Crippen LogP contribution in [0.2, 0.25) is 5.02 Å². The number of nitrogens with zero attached hydrogens (tertiary/aromatic N) is 1. The van der Waals surface area contributed by atoms with Gasteiger partial charge in [0, 0.05) is 18.6 Å². The van der Waals surface area contributed by atoms with E-state index in [-0.39, 0.29) is 23.6 Å². The first kappa shape index (κ1) is 16.2. The van der Waals surface area contributed by atoms with Gasteiger partial charge < -0.3 is 20.7 Å². The fourth-order valence-electron chi connectivity index (χ4n) is 1.92. The van der Waals surface area contributed by atoms with E-state index in [0.29, 0.717) is 28.8 Å². The number of phenolic OH excluding ortho intramolecular Hbond substituents is 1. The molecule has 0 amide bonds. The van der Waals surface area contributed by atoms with Crippen molar-refractivity contribution < 1.29 is 9.84 Å². The summed E-state index contributed by atoms with van der Waals surface area (Å²) in [6.45, 7) is 2.62. The second-order valence-corrected chi connectivity index (χ2v) is 5.38. The Kier molecular flexibility index (Phi) is 5.33. The lowest BCUT2D eigenvalue weighted by Crippen LogP contribution is -2.24. The van der Waals surface area contributed by atoms with Crippen molar-refractivity contribution in [1.29, 1.82) is 10.8 Å². The summed E-state index contributed by atoms with van der Waals surface area (Å²) in [5.41, 5.74) is 1.43. The van der Waals surface area contributed by atoms with E-state index in [0.717, 1.165) is 12.8 Å². The van der Waals surface area contributed by atoms with Gasteiger partial charge in [0.2, 0.25) is 0 Å². The summed E-state index contributed by atoms with van der Waals surface area (Å²) in [6.07, 6.45) is 3.72. The fourth-order valence-corrected chi connectivity index (χ4v) is 2.14. The molecule has 0 unspecified atom stereocenters. The molecule has 5 nitrogen and oxygen atoms in total. The maximum atomic E-state index is 9.36. The van der Waals surface area contributed by atoms with E-state index in [9.17, 15) is 5.11 Å². The average Bonchev–Trinajstić information content (AvgIpc) is 2.46. The van der Waals surface area contributed by atoms with Gasteiger partial charge in [-0.05, 0) is 18.6 Å².